The molecule has 1 aliphatic rings. The zero-order valence-corrected chi connectivity index (χ0v) is 17.8. The molecule has 0 saturated carbocycles. The molecule has 1 aliphatic heterocycles. The topological polar surface area (TPSA) is 44.8 Å². The van der Waals surface area contributed by atoms with Gasteiger partial charge in [0.2, 0.25) is 0 Å². The molecule has 0 aromatic heterocycles. The maximum Gasteiger partial charge on any atom is 0.250 e. The van der Waals surface area contributed by atoms with E-state index in [1.54, 1.807) is 0 Å². The van der Waals surface area contributed by atoms with Crippen molar-refractivity contribution in [2.24, 2.45) is 5.41 Å². The zero-order valence-electron chi connectivity index (χ0n) is 17.8. The number of rotatable bonds is 9. The van der Waals surface area contributed by atoms with Gasteiger partial charge in [0.05, 0.1) is 0 Å². The van der Waals surface area contributed by atoms with Crippen molar-refractivity contribution in [2.75, 3.05) is 27.2 Å². The average Bonchev–Trinajstić information content (AvgIpc) is 2.58. The largest absolute Gasteiger partial charge is 0.354 e. The first-order valence-corrected chi connectivity index (χ1v) is 9.99. The van der Waals surface area contributed by atoms with E-state index in [-0.39, 0.29) is 16.9 Å². The van der Waals surface area contributed by atoms with Crippen molar-refractivity contribution < 1.29 is 9.63 Å². The van der Waals surface area contributed by atoms with E-state index in [4.69, 9.17) is 4.84 Å². The molecule has 148 valence electrons. The molecular formula is C20H41N3O2. The van der Waals surface area contributed by atoms with Gasteiger partial charge in [0.15, 0.2) is 6.10 Å². The van der Waals surface area contributed by atoms with Crippen LogP contribution in [-0.2, 0) is 9.63 Å². The SMILES string of the molecule is CCC1(C)CCC(C)N(OC(C)C(=O)NCCCN(C)C)C1(C)CC. The predicted octanol–water partition coefficient (Wildman–Crippen LogP) is 3.44. The van der Waals surface area contributed by atoms with E-state index in [0.29, 0.717) is 12.6 Å². The standard InChI is InChI=1S/C20H41N3O2/c1-9-19(5)13-12-16(3)23(20(19,6)10-2)25-17(4)18(24)21-14-11-15-22(7)8/h16-17H,9-15H2,1-8H3,(H,21,24). The highest BCUT2D eigenvalue weighted by molar-refractivity contribution is 5.80. The molecule has 5 nitrogen and oxygen atoms in total. The fourth-order valence-electron chi connectivity index (χ4n) is 4.00. The summed E-state index contributed by atoms with van der Waals surface area (Å²) in [6.07, 6.45) is 4.93. The minimum Gasteiger partial charge on any atom is -0.354 e. The molecule has 4 atom stereocenters. The summed E-state index contributed by atoms with van der Waals surface area (Å²) in [6.45, 7) is 14.9. The minimum absolute atomic E-state index is 0.0202. The summed E-state index contributed by atoms with van der Waals surface area (Å²) < 4.78 is 0. The second-order valence-electron chi connectivity index (χ2n) is 8.45. The second kappa shape index (κ2) is 9.33. The Morgan fingerprint density at radius 2 is 1.96 bits per heavy atom. The van der Waals surface area contributed by atoms with Gasteiger partial charge in [0, 0.05) is 18.1 Å². The third-order valence-electron chi connectivity index (χ3n) is 6.49. The van der Waals surface area contributed by atoms with Crippen LogP contribution in [0.15, 0.2) is 0 Å². The highest BCUT2D eigenvalue weighted by atomic mass is 16.7. The number of nitrogens with zero attached hydrogens (tertiary/aromatic N) is 2. The summed E-state index contributed by atoms with van der Waals surface area (Å²) in [7, 11) is 4.09. The molecule has 0 spiro atoms. The summed E-state index contributed by atoms with van der Waals surface area (Å²) >= 11 is 0. The molecule has 1 rings (SSSR count). The Balaban J connectivity index is 2.72. The van der Waals surface area contributed by atoms with Crippen LogP contribution in [0.3, 0.4) is 0 Å². The molecule has 4 unspecified atom stereocenters. The Kier molecular flexibility index (Phi) is 8.36. The smallest absolute Gasteiger partial charge is 0.250 e. The lowest BCUT2D eigenvalue weighted by Gasteiger charge is -2.58. The monoisotopic (exact) mass is 355 g/mol. The van der Waals surface area contributed by atoms with Crippen LogP contribution in [0.4, 0.5) is 0 Å². The quantitative estimate of drug-likeness (QED) is 0.644. The Morgan fingerprint density at radius 3 is 2.48 bits per heavy atom. The van der Waals surface area contributed by atoms with Crippen molar-refractivity contribution in [3.63, 3.8) is 0 Å². The van der Waals surface area contributed by atoms with Crippen molar-refractivity contribution in [3.8, 4) is 0 Å². The number of hydroxylamine groups is 2. The summed E-state index contributed by atoms with van der Waals surface area (Å²) in [4.78, 5) is 20.8. The van der Waals surface area contributed by atoms with E-state index >= 15 is 0 Å². The average molecular weight is 356 g/mol. The number of hydrogen-bond donors (Lipinski definition) is 1. The lowest BCUT2D eigenvalue weighted by molar-refractivity contribution is -0.303. The second-order valence-corrected chi connectivity index (χ2v) is 8.45. The molecule has 1 N–H and O–H groups in total. The number of amides is 1. The van der Waals surface area contributed by atoms with Gasteiger partial charge in [-0.3, -0.25) is 9.63 Å². The van der Waals surface area contributed by atoms with E-state index in [9.17, 15) is 4.79 Å². The number of carbonyl (C=O) groups is 1. The van der Waals surface area contributed by atoms with Crippen molar-refractivity contribution in [3.05, 3.63) is 0 Å². The molecule has 0 aromatic rings. The Bertz CT molecular complexity index is 429. The third kappa shape index (κ3) is 5.18. The van der Waals surface area contributed by atoms with Crippen LogP contribution in [0.2, 0.25) is 0 Å². The Hall–Kier alpha value is -0.650. The van der Waals surface area contributed by atoms with Crippen LogP contribution in [0.25, 0.3) is 0 Å². The van der Waals surface area contributed by atoms with Crippen LogP contribution in [0, 0.1) is 5.41 Å². The zero-order chi connectivity index (χ0) is 19.3. The van der Waals surface area contributed by atoms with Crippen molar-refractivity contribution >= 4 is 5.91 Å². The number of carbonyl (C=O) groups excluding carboxylic acids is 1. The van der Waals surface area contributed by atoms with Gasteiger partial charge in [-0.2, -0.15) is 5.06 Å². The fraction of sp³-hybridized carbons (Fsp3) is 0.950. The summed E-state index contributed by atoms with van der Waals surface area (Å²) in [5, 5.41) is 5.15. The normalized spacial score (nSPS) is 32.0. The van der Waals surface area contributed by atoms with Gasteiger partial charge in [-0.15, -0.1) is 0 Å². The molecule has 5 heteroatoms. The van der Waals surface area contributed by atoms with Crippen LogP contribution >= 0.6 is 0 Å². The van der Waals surface area contributed by atoms with Crippen LogP contribution in [-0.4, -0.2) is 60.7 Å². The first-order chi connectivity index (χ1) is 11.6. The molecular weight excluding hydrogens is 314 g/mol. The number of nitrogens with one attached hydrogen (secondary N) is 1. The predicted molar refractivity (Wildman–Crippen MR) is 104 cm³/mol. The van der Waals surface area contributed by atoms with Gasteiger partial charge in [-0.1, -0.05) is 20.8 Å². The molecule has 1 fully saturated rings. The summed E-state index contributed by atoms with van der Waals surface area (Å²) in [5.41, 5.74) is 0.148. The Labute approximate surface area is 155 Å². The molecule has 1 saturated heterocycles. The summed E-state index contributed by atoms with van der Waals surface area (Å²) in [6, 6.07) is 0.327. The van der Waals surface area contributed by atoms with Gasteiger partial charge < -0.3 is 10.2 Å². The minimum atomic E-state index is -0.466. The number of hydrogen-bond acceptors (Lipinski definition) is 4. The maximum atomic E-state index is 12.4. The molecule has 0 bridgehead atoms. The van der Waals surface area contributed by atoms with Crippen molar-refractivity contribution in [1.82, 2.24) is 15.3 Å². The molecule has 25 heavy (non-hydrogen) atoms. The van der Waals surface area contributed by atoms with E-state index in [1.807, 2.05) is 21.0 Å². The van der Waals surface area contributed by atoms with Gasteiger partial charge >= 0.3 is 0 Å². The Morgan fingerprint density at radius 1 is 1.32 bits per heavy atom. The lowest BCUT2D eigenvalue weighted by Crippen LogP contribution is -2.64. The van der Waals surface area contributed by atoms with E-state index in [2.05, 4.69) is 49.9 Å². The van der Waals surface area contributed by atoms with E-state index in [0.717, 1.165) is 32.2 Å². The number of piperidine rings is 1. The van der Waals surface area contributed by atoms with Gasteiger partial charge in [-0.05, 0) is 78.9 Å². The van der Waals surface area contributed by atoms with E-state index < -0.39 is 6.10 Å². The van der Waals surface area contributed by atoms with Crippen LogP contribution < -0.4 is 5.32 Å². The van der Waals surface area contributed by atoms with E-state index in [1.165, 1.54) is 6.42 Å². The van der Waals surface area contributed by atoms with Crippen LogP contribution in [0.5, 0.6) is 0 Å². The maximum absolute atomic E-state index is 12.4. The third-order valence-corrected chi connectivity index (χ3v) is 6.49. The van der Waals surface area contributed by atoms with Gasteiger partial charge in [0.1, 0.15) is 0 Å². The molecule has 1 amide bonds. The molecule has 0 radical (unpaired) electrons. The van der Waals surface area contributed by atoms with Crippen LogP contribution in [0.1, 0.15) is 73.6 Å². The lowest BCUT2D eigenvalue weighted by atomic mass is 9.62. The highest BCUT2D eigenvalue weighted by Crippen LogP contribution is 2.50. The fourth-order valence-corrected chi connectivity index (χ4v) is 4.00. The molecule has 0 aromatic carbocycles. The summed E-state index contributed by atoms with van der Waals surface area (Å²) in [5.74, 6) is -0.0202. The van der Waals surface area contributed by atoms with Crippen molar-refractivity contribution in [2.45, 2.75) is 91.3 Å². The van der Waals surface area contributed by atoms with Gasteiger partial charge in [0.25, 0.3) is 5.91 Å². The highest BCUT2D eigenvalue weighted by Gasteiger charge is 2.52. The molecule has 0 aliphatic carbocycles. The van der Waals surface area contributed by atoms with Gasteiger partial charge in [-0.25, -0.2) is 0 Å². The first-order valence-electron chi connectivity index (χ1n) is 9.99. The van der Waals surface area contributed by atoms with Crippen molar-refractivity contribution in [1.29, 1.82) is 0 Å². The molecule has 1 heterocycles. The first kappa shape index (κ1) is 22.4.